The van der Waals surface area contributed by atoms with Gasteiger partial charge in [0.05, 0.1) is 13.2 Å². The Kier molecular flexibility index (Phi) is 4.25. The van der Waals surface area contributed by atoms with Crippen LogP contribution in [0.4, 0.5) is 16.8 Å². The van der Waals surface area contributed by atoms with Gasteiger partial charge in [0.2, 0.25) is 0 Å². The van der Waals surface area contributed by atoms with Gasteiger partial charge in [-0.25, -0.2) is 15.0 Å². The molecule has 0 radical (unpaired) electrons. The van der Waals surface area contributed by atoms with Crippen molar-refractivity contribution in [2.24, 2.45) is 0 Å². The number of thiazole rings is 1. The average Bonchev–Trinajstić information content (AvgIpc) is 3.17. The van der Waals surface area contributed by atoms with E-state index >= 15 is 0 Å². The first kappa shape index (κ1) is 14.6. The fourth-order valence-corrected chi connectivity index (χ4v) is 3.67. The highest BCUT2D eigenvalue weighted by atomic mass is 32.1. The van der Waals surface area contributed by atoms with E-state index in [1.165, 1.54) is 0 Å². The lowest BCUT2D eigenvalue weighted by atomic mass is 10.3. The summed E-state index contributed by atoms with van der Waals surface area (Å²) < 4.78 is 5.41. The largest absolute Gasteiger partial charge is 0.378 e. The van der Waals surface area contributed by atoms with Gasteiger partial charge in [-0.1, -0.05) is 0 Å². The SMILES string of the molecule is c1nc(N2CCOCC2)cc(N2CCN(c3nccs3)CC2)n1. The third-order valence-corrected chi connectivity index (χ3v) is 5.10. The smallest absolute Gasteiger partial charge is 0.185 e. The van der Waals surface area contributed by atoms with E-state index in [2.05, 4.69) is 35.7 Å². The highest BCUT2D eigenvalue weighted by molar-refractivity contribution is 7.13. The first-order chi connectivity index (χ1) is 11.4. The monoisotopic (exact) mass is 332 g/mol. The predicted molar refractivity (Wildman–Crippen MR) is 91.6 cm³/mol. The fourth-order valence-electron chi connectivity index (χ4n) is 2.97. The summed E-state index contributed by atoms with van der Waals surface area (Å²) in [6, 6.07) is 2.10. The zero-order valence-corrected chi connectivity index (χ0v) is 13.8. The van der Waals surface area contributed by atoms with Crippen LogP contribution >= 0.6 is 11.3 Å². The highest BCUT2D eigenvalue weighted by Gasteiger charge is 2.21. The Morgan fingerprint density at radius 1 is 0.826 bits per heavy atom. The molecule has 2 fully saturated rings. The first-order valence-corrected chi connectivity index (χ1v) is 8.82. The van der Waals surface area contributed by atoms with Gasteiger partial charge in [-0.15, -0.1) is 11.3 Å². The van der Waals surface area contributed by atoms with Crippen LogP contribution in [0.1, 0.15) is 0 Å². The van der Waals surface area contributed by atoms with Crippen LogP contribution in [0, 0.1) is 0 Å². The molecule has 0 amide bonds. The van der Waals surface area contributed by atoms with E-state index in [0.29, 0.717) is 0 Å². The Hall–Kier alpha value is -1.93. The Labute approximate surface area is 139 Å². The normalized spacial score (nSPS) is 19.2. The van der Waals surface area contributed by atoms with E-state index in [0.717, 1.165) is 69.2 Å². The van der Waals surface area contributed by atoms with Gasteiger partial charge >= 0.3 is 0 Å². The summed E-state index contributed by atoms with van der Waals surface area (Å²) in [5, 5.41) is 3.14. The van der Waals surface area contributed by atoms with E-state index in [1.54, 1.807) is 17.7 Å². The second-order valence-electron chi connectivity index (χ2n) is 5.62. The Bertz CT molecular complexity index is 623. The van der Waals surface area contributed by atoms with Gasteiger partial charge in [-0.3, -0.25) is 0 Å². The van der Waals surface area contributed by atoms with E-state index in [9.17, 15) is 0 Å². The first-order valence-electron chi connectivity index (χ1n) is 7.94. The Balaban J connectivity index is 1.42. The average molecular weight is 332 g/mol. The molecular formula is C15H20N6OS. The number of rotatable bonds is 3. The molecule has 4 rings (SSSR count). The highest BCUT2D eigenvalue weighted by Crippen LogP contribution is 2.23. The van der Waals surface area contributed by atoms with Crippen molar-refractivity contribution in [2.75, 3.05) is 67.2 Å². The van der Waals surface area contributed by atoms with Gasteiger partial charge in [0.15, 0.2) is 5.13 Å². The molecule has 8 heteroatoms. The van der Waals surface area contributed by atoms with Crippen LogP contribution in [-0.2, 0) is 4.74 Å². The molecule has 2 aromatic rings. The molecule has 0 bridgehead atoms. The van der Waals surface area contributed by atoms with Crippen molar-refractivity contribution in [1.29, 1.82) is 0 Å². The minimum absolute atomic E-state index is 0.770. The number of nitrogens with zero attached hydrogens (tertiary/aromatic N) is 6. The van der Waals surface area contributed by atoms with E-state index in [-0.39, 0.29) is 0 Å². The van der Waals surface area contributed by atoms with Gasteiger partial charge in [0.1, 0.15) is 18.0 Å². The lowest BCUT2D eigenvalue weighted by molar-refractivity contribution is 0.122. The number of morpholine rings is 1. The molecule has 0 unspecified atom stereocenters. The van der Waals surface area contributed by atoms with Crippen LogP contribution in [0.15, 0.2) is 24.0 Å². The van der Waals surface area contributed by atoms with E-state index in [1.807, 2.05) is 11.6 Å². The van der Waals surface area contributed by atoms with Crippen LogP contribution < -0.4 is 14.7 Å². The Morgan fingerprint density at radius 3 is 2.13 bits per heavy atom. The number of piperazine rings is 1. The third-order valence-electron chi connectivity index (χ3n) is 4.27. The summed E-state index contributed by atoms with van der Waals surface area (Å²) in [5.74, 6) is 2.01. The van der Waals surface area contributed by atoms with Crippen LogP contribution in [-0.4, -0.2) is 67.4 Å². The molecule has 7 nitrogen and oxygen atoms in total. The molecule has 122 valence electrons. The molecule has 23 heavy (non-hydrogen) atoms. The molecule has 0 N–H and O–H groups in total. The summed E-state index contributed by atoms with van der Waals surface area (Å²) in [6.07, 6.45) is 3.54. The van der Waals surface area contributed by atoms with Gasteiger partial charge in [-0.2, -0.15) is 0 Å². The van der Waals surface area contributed by atoms with Crippen LogP contribution in [0.3, 0.4) is 0 Å². The topological polar surface area (TPSA) is 57.6 Å². The van der Waals surface area contributed by atoms with E-state index in [4.69, 9.17) is 4.74 Å². The second-order valence-corrected chi connectivity index (χ2v) is 6.50. The molecule has 2 aromatic heterocycles. The zero-order chi connectivity index (χ0) is 15.5. The molecule has 4 heterocycles. The summed E-state index contributed by atoms with van der Waals surface area (Å²) >= 11 is 1.70. The van der Waals surface area contributed by atoms with Crippen molar-refractivity contribution in [1.82, 2.24) is 15.0 Å². The summed E-state index contributed by atoms with van der Waals surface area (Å²) in [6.45, 7) is 7.20. The fraction of sp³-hybridized carbons (Fsp3) is 0.533. The van der Waals surface area contributed by atoms with E-state index < -0.39 is 0 Å². The maximum Gasteiger partial charge on any atom is 0.185 e. The summed E-state index contributed by atoms with van der Waals surface area (Å²) in [7, 11) is 0. The van der Waals surface area contributed by atoms with Crippen LogP contribution in [0.2, 0.25) is 0 Å². The number of hydrogen-bond acceptors (Lipinski definition) is 8. The number of anilines is 3. The molecule has 2 saturated heterocycles. The molecule has 0 spiro atoms. The van der Waals surface area contributed by atoms with Crippen LogP contribution in [0.25, 0.3) is 0 Å². The molecule has 2 aliphatic rings. The van der Waals surface area contributed by atoms with Crippen molar-refractivity contribution >= 4 is 28.1 Å². The lowest BCUT2D eigenvalue weighted by Crippen LogP contribution is -2.47. The van der Waals surface area contributed by atoms with Crippen molar-refractivity contribution in [3.8, 4) is 0 Å². The summed E-state index contributed by atoms with van der Waals surface area (Å²) in [4.78, 5) is 20.2. The van der Waals surface area contributed by atoms with Gasteiger partial charge in [0.25, 0.3) is 0 Å². The number of ether oxygens (including phenoxy) is 1. The number of hydrogen-bond donors (Lipinski definition) is 0. The summed E-state index contributed by atoms with van der Waals surface area (Å²) in [5.41, 5.74) is 0. The van der Waals surface area contributed by atoms with Crippen molar-refractivity contribution < 1.29 is 4.74 Å². The van der Waals surface area contributed by atoms with Gasteiger partial charge in [0, 0.05) is 56.9 Å². The quantitative estimate of drug-likeness (QED) is 0.834. The van der Waals surface area contributed by atoms with Gasteiger partial charge < -0.3 is 19.4 Å². The molecule has 0 aromatic carbocycles. The standard InChI is InChI=1S/C15H20N6OS/c1-10-23-15(16-1)21-4-2-19(3-5-21)13-11-14(18-12-17-13)20-6-8-22-9-7-20/h1,10-12H,2-9H2. The van der Waals surface area contributed by atoms with Gasteiger partial charge in [-0.05, 0) is 0 Å². The van der Waals surface area contributed by atoms with Crippen molar-refractivity contribution in [3.05, 3.63) is 24.0 Å². The molecule has 0 saturated carbocycles. The number of aromatic nitrogens is 3. The maximum atomic E-state index is 5.41. The predicted octanol–water partition coefficient (Wildman–Crippen LogP) is 1.10. The minimum atomic E-state index is 0.770. The second kappa shape index (κ2) is 6.67. The Morgan fingerprint density at radius 2 is 1.48 bits per heavy atom. The molecule has 0 aliphatic carbocycles. The molecule has 0 atom stereocenters. The molecular weight excluding hydrogens is 312 g/mol. The van der Waals surface area contributed by atoms with Crippen LogP contribution in [0.5, 0.6) is 0 Å². The van der Waals surface area contributed by atoms with Crippen molar-refractivity contribution in [2.45, 2.75) is 0 Å². The lowest BCUT2D eigenvalue weighted by Gasteiger charge is -2.35. The maximum absolute atomic E-state index is 5.41. The third kappa shape index (κ3) is 3.23. The zero-order valence-electron chi connectivity index (χ0n) is 13.0. The minimum Gasteiger partial charge on any atom is -0.378 e. The molecule has 2 aliphatic heterocycles. The van der Waals surface area contributed by atoms with Crippen molar-refractivity contribution in [3.63, 3.8) is 0 Å².